The monoisotopic (exact) mass is 763 g/mol. The summed E-state index contributed by atoms with van der Waals surface area (Å²) in [7, 11) is 0. The van der Waals surface area contributed by atoms with Crippen LogP contribution in [0.4, 0.5) is 0 Å². The number of aryl methyl sites for hydroxylation is 2. The van der Waals surface area contributed by atoms with Crippen molar-refractivity contribution in [1.82, 2.24) is 4.57 Å². The molecule has 0 atom stereocenters. The zero-order valence-corrected chi connectivity index (χ0v) is 33.8. The third kappa shape index (κ3) is 4.69. The van der Waals surface area contributed by atoms with Crippen LogP contribution in [0.1, 0.15) is 36.1 Å². The molecule has 0 saturated heterocycles. The van der Waals surface area contributed by atoms with Crippen molar-refractivity contribution in [3.8, 4) is 50.3 Å². The van der Waals surface area contributed by atoms with Crippen molar-refractivity contribution in [3.05, 3.63) is 210 Å². The standard InChI is InChI=1S/C59H41N/c1-59(2)53-33-43(60-55-22-12-11-19-46(55)49-29-27-38-15-7-8-18-44(38)58(49)60)28-30-45(53)50-34-51-52(35-54(50)59)57(42-26-24-37-14-4-6-17-40(37)32-42)48-21-10-9-20-47(48)56(51)41-25-23-36-13-3-5-16-39(36)31-41/h3-26,28,30-35H,27,29H2,1-2H3. The Morgan fingerprint density at radius 1 is 0.400 bits per heavy atom. The van der Waals surface area contributed by atoms with Gasteiger partial charge in [0.05, 0.1) is 11.2 Å². The van der Waals surface area contributed by atoms with Gasteiger partial charge in [0.25, 0.3) is 0 Å². The number of rotatable bonds is 3. The highest BCUT2D eigenvalue weighted by Gasteiger charge is 2.37. The van der Waals surface area contributed by atoms with E-state index in [1.54, 1.807) is 0 Å². The van der Waals surface area contributed by atoms with Gasteiger partial charge >= 0.3 is 0 Å². The molecular weight excluding hydrogens is 723 g/mol. The van der Waals surface area contributed by atoms with Crippen LogP contribution in [-0.4, -0.2) is 4.57 Å². The average Bonchev–Trinajstić information content (AvgIpc) is 3.75. The number of benzene rings is 10. The number of hydrogen-bond acceptors (Lipinski definition) is 0. The molecule has 2 aliphatic carbocycles. The van der Waals surface area contributed by atoms with E-state index in [1.165, 1.54) is 127 Å². The Labute approximate surface area is 349 Å². The first-order valence-corrected chi connectivity index (χ1v) is 21.4. The lowest BCUT2D eigenvalue weighted by molar-refractivity contribution is 0.660. The maximum atomic E-state index is 2.56. The van der Waals surface area contributed by atoms with Crippen LogP contribution >= 0.6 is 0 Å². The predicted molar refractivity (Wildman–Crippen MR) is 255 cm³/mol. The van der Waals surface area contributed by atoms with Gasteiger partial charge in [-0.25, -0.2) is 0 Å². The third-order valence-electron chi connectivity index (χ3n) is 14.0. The molecule has 11 aromatic rings. The van der Waals surface area contributed by atoms with Gasteiger partial charge in [-0.15, -0.1) is 0 Å². The fourth-order valence-corrected chi connectivity index (χ4v) is 11.2. The Kier molecular flexibility index (Phi) is 6.97. The summed E-state index contributed by atoms with van der Waals surface area (Å²) in [6.45, 7) is 4.87. The quantitative estimate of drug-likeness (QED) is 0.158. The molecule has 1 heterocycles. The number of hydrogen-bond donors (Lipinski definition) is 0. The largest absolute Gasteiger partial charge is 0.309 e. The number of para-hydroxylation sites is 1. The van der Waals surface area contributed by atoms with Crippen LogP contribution < -0.4 is 0 Å². The number of aromatic nitrogens is 1. The summed E-state index contributed by atoms with van der Waals surface area (Å²) in [6, 6.07) is 71.0. The zero-order valence-electron chi connectivity index (χ0n) is 33.8. The van der Waals surface area contributed by atoms with Crippen LogP contribution in [0, 0.1) is 0 Å². The van der Waals surface area contributed by atoms with Gasteiger partial charge in [-0.05, 0) is 154 Å². The summed E-state index contributed by atoms with van der Waals surface area (Å²) in [5.41, 5.74) is 18.4. The molecule has 2 aliphatic rings. The van der Waals surface area contributed by atoms with E-state index in [1.807, 2.05) is 0 Å². The van der Waals surface area contributed by atoms with Crippen LogP contribution in [-0.2, 0) is 18.3 Å². The minimum Gasteiger partial charge on any atom is -0.309 e. The van der Waals surface area contributed by atoms with Crippen LogP contribution in [0.25, 0.3) is 104 Å². The van der Waals surface area contributed by atoms with E-state index in [0.29, 0.717) is 0 Å². The molecule has 0 spiro atoms. The molecule has 0 unspecified atom stereocenters. The zero-order chi connectivity index (χ0) is 39.7. The Morgan fingerprint density at radius 2 is 0.967 bits per heavy atom. The maximum absolute atomic E-state index is 2.56. The van der Waals surface area contributed by atoms with E-state index in [0.717, 1.165) is 12.8 Å². The fourth-order valence-electron chi connectivity index (χ4n) is 11.2. The second kappa shape index (κ2) is 12.4. The molecule has 0 saturated carbocycles. The summed E-state index contributed by atoms with van der Waals surface area (Å²) in [4.78, 5) is 0. The molecule has 0 fully saturated rings. The van der Waals surface area contributed by atoms with Gasteiger partial charge in [-0.1, -0.05) is 159 Å². The molecule has 0 N–H and O–H groups in total. The molecule has 60 heavy (non-hydrogen) atoms. The van der Waals surface area contributed by atoms with Gasteiger partial charge < -0.3 is 4.57 Å². The van der Waals surface area contributed by atoms with E-state index in [4.69, 9.17) is 0 Å². The van der Waals surface area contributed by atoms with E-state index < -0.39 is 0 Å². The fraction of sp³-hybridized carbons (Fsp3) is 0.0847. The molecule has 0 radical (unpaired) electrons. The number of nitrogens with zero attached hydrogens (tertiary/aromatic N) is 1. The summed E-state index contributed by atoms with van der Waals surface area (Å²) in [6.07, 6.45) is 2.14. The van der Waals surface area contributed by atoms with Crippen LogP contribution in [0.15, 0.2) is 188 Å². The minimum atomic E-state index is -0.231. The molecule has 0 bridgehead atoms. The van der Waals surface area contributed by atoms with Gasteiger partial charge in [0, 0.05) is 22.1 Å². The summed E-state index contributed by atoms with van der Waals surface area (Å²) in [5.74, 6) is 0. The lowest BCUT2D eigenvalue weighted by Gasteiger charge is -2.25. The Bertz CT molecular complexity index is 3630. The van der Waals surface area contributed by atoms with E-state index >= 15 is 0 Å². The van der Waals surface area contributed by atoms with Crippen molar-refractivity contribution in [2.75, 3.05) is 0 Å². The normalized spacial score (nSPS) is 13.8. The Hall–Kier alpha value is -7.22. The first kappa shape index (κ1) is 33.7. The van der Waals surface area contributed by atoms with Gasteiger partial charge in [-0.2, -0.15) is 0 Å². The predicted octanol–water partition coefficient (Wildman–Crippen LogP) is 15.6. The van der Waals surface area contributed by atoms with E-state index in [-0.39, 0.29) is 5.41 Å². The van der Waals surface area contributed by atoms with Crippen molar-refractivity contribution in [1.29, 1.82) is 0 Å². The molecule has 1 nitrogen and oxygen atoms in total. The maximum Gasteiger partial charge on any atom is 0.0575 e. The molecule has 282 valence electrons. The molecular formula is C59H41N. The van der Waals surface area contributed by atoms with Gasteiger partial charge in [0.1, 0.15) is 0 Å². The first-order chi connectivity index (χ1) is 29.5. The lowest BCUT2D eigenvalue weighted by Crippen LogP contribution is -2.15. The molecule has 10 aromatic carbocycles. The van der Waals surface area contributed by atoms with Gasteiger partial charge in [-0.3, -0.25) is 0 Å². The van der Waals surface area contributed by atoms with Crippen molar-refractivity contribution in [2.24, 2.45) is 0 Å². The highest BCUT2D eigenvalue weighted by atomic mass is 15.0. The minimum absolute atomic E-state index is 0.231. The molecule has 1 heteroatoms. The third-order valence-corrected chi connectivity index (χ3v) is 14.0. The highest BCUT2D eigenvalue weighted by molar-refractivity contribution is 6.23. The van der Waals surface area contributed by atoms with Crippen molar-refractivity contribution in [2.45, 2.75) is 32.1 Å². The molecule has 0 amide bonds. The van der Waals surface area contributed by atoms with Crippen LogP contribution in [0.3, 0.4) is 0 Å². The van der Waals surface area contributed by atoms with Crippen LogP contribution in [0.5, 0.6) is 0 Å². The smallest absolute Gasteiger partial charge is 0.0575 e. The second-order valence-corrected chi connectivity index (χ2v) is 17.6. The van der Waals surface area contributed by atoms with E-state index in [2.05, 4.69) is 206 Å². The highest BCUT2D eigenvalue weighted by Crippen LogP contribution is 2.54. The SMILES string of the molecule is CC1(C)c2cc(-n3c4c(c5ccccc53)CCc3ccccc3-4)ccc2-c2cc3c(-c4ccc5ccccc5c4)c4ccccc4c(-c4ccc5ccccc5c4)c3cc21. The summed E-state index contributed by atoms with van der Waals surface area (Å²) >= 11 is 0. The Balaban J connectivity index is 1.10. The summed E-state index contributed by atoms with van der Waals surface area (Å²) in [5, 5.41) is 11.6. The van der Waals surface area contributed by atoms with Crippen molar-refractivity contribution >= 4 is 54.0 Å². The van der Waals surface area contributed by atoms with Crippen molar-refractivity contribution in [3.63, 3.8) is 0 Å². The second-order valence-electron chi connectivity index (χ2n) is 17.6. The topological polar surface area (TPSA) is 4.93 Å². The first-order valence-electron chi connectivity index (χ1n) is 21.4. The van der Waals surface area contributed by atoms with Gasteiger partial charge in [0.2, 0.25) is 0 Å². The molecule has 13 rings (SSSR count). The van der Waals surface area contributed by atoms with Crippen LogP contribution in [0.2, 0.25) is 0 Å². The molecule has 0 aliphatic heterocycles. The van der Waals surface area contributed by atoms with Gasteiger partial charge in [0.15, 0.2) is 0 Å². The summed E-state index contributed by atoms with van der Waals surface area (Å²) < 4.78 is 2.56. The lowest BCUT2D eigenvalue weighted by atomic mass is 9.79. The number of fused-ring (bicyclic) bond motifs is 12. The van der Waals surface area contributed by atoms with Crippen molar-refractivity contribution < 1.29 is 0 Å². The van der Waals surface area contributed by atoms with E-state index in [9.17, 15) is 0 Å². The Morgan fingerprint density at radius 3 is 1.67 bits per heavy atom. The molecule has 1 aromatic heterocycles. The average molecular weight is 764 g/mol.